The number of hydrogen-bond acceptors (Lipinski definition) is 0. The molecule has 0 nitrogen and oxygen atoms in total. The first-order chi connectivity index (χ1) is 30.7. The fraction of sp³-hybridized carbons (Fsp3) is 0.0645. The molecule has 10 aromatic carbocycles. The number of hydrogen-bond donors (Lipinski definition) is 0. The van der Waals surface area contributed by atoms with Crippen molar-refractivity contribution in [2.45, 2.75) is 25.2 Å². The topological polar surface area (TPSA) is 0 Å². The van der Waals surface area contributed by atoms with Crippen LogP contribution in [0, 0.1) is 0 Å². The van der Waals surface area contributed by atoms with Crippen molar-refractivity contribution in [3.8, 4) is 66.8 Å². The summed E-state index contributed by atoms with van der Waals surface area (Å²) in [6.07, 6.45) is 2.87. The van der Waals surface area contributed by atoms with Crippen molar-refractivity contribution in [3.63, 3.8) is 0 Å². The predicted molar refractivity (Wildman–Crippen MR) is 259 cm³/mol. The highest BCUT2D eigenvalue weighted by atomic mass is 14.3. The summed E-state index contributed by atoms with van der Waals surface area (Å²) in [5.74, 6) is 0.0723. The molecule has 0 aromatic heterocycles. The van der Waals surface area contributed by atoms with E-state index in [0.717, 1.165) is 19.3 Å². The fourth-order valence-corrected chi connectivity index (χ4v) is 11.3. The van der Waals surface area contributed by atoms with Gasteiger partial charge in [-0.3, -0.25) is 0 Å². The largest absolute Gasteiger partial charge is 0.0622 e. The minimum Gasteiger partial charge on any atom is -0.0622 e. The molecule has 62 heavy (non-hydrogen) atoms. The Balaban J connectivity index is 0.921. The number of benzene rings is 10. The van der Waals surface area contributed by atoms with Crippen LogP contribution in [0.4, 0.5) is 0 Å². The monoisotopic (exact) mass is 786 g/mol. The van der Waals surface area contributed by atoms with Gasteiger partial charge < -0.3 is 0 Å². The van der Waals surface area contributed by atoms with Crippen LogP contribution in [-0.2, 0) is 19.3 Å². The Labute approximate surface area is 363 Å². The molecule has 0 aliphatic heterocycles. The van der Waals surface area contributed by atoms with Gasteiger partial charge in [0.25, 0.3) is 0 Å². The first-order valence-corrected chi connectivity index (χ1v) is 22.1. The second-order valence-corrected chi connectivity index (χ2v) is 17.5. The second kappa shape index (κ2) is 14.0. The van der Waals surface area contributed by atoms with Gasteiger partial charge in [0, 0.05) is 5.92 Å². The minimum absolute atomic E-state index is 0.0723. The molecule has 0 bridgehead atoms. The van der Waals surface area contributed by atoms with Gasteiger partial charge in [-0.2, -0.15) is 0 Å². The molecule has 10 aromatic rings. The van der Waals surface area contributed by atoms with Gasteiger partial charge in [-0.25, -0.2) is 0 Å². The van der Waals surface area contributed by atoms with Crippen molar-refractivity contribution in [3.05, 3.63) is 262 Å². The maximum atomic E-state index is 2.53. The predicted octanol–water partition coefficient (Wildman–Crippen LogP) is 15.7. The van der Waals surface area contributed by atoms with E-state index in [1.165, 1.54) is 128 Å². The van der Waals surface area contributed by atoms with E-state index in [-0.39, 0.29) is 5.92 Å². The fourth-order valence-electron chi connectivity index (χ4n) is 11.3. The smallest absolute Gasteiger partial charge is 0.0340 e. The van der Waals surface area contributed by atoms with Crippen LogP contribution in [0.2, 0.25) is 0 Å². The summed E-state index contributed by atoms with van der Waals surface area (Å²) in [7, 11) is 0. The molecule has 0 heterocycles. The third-order valence-electron chi connectivity index (χ3n) is 14.2. The van der Waals surface area contributed by atoms with E-state index in [2.05, 4.69) is 212 Å². The molecule has 1 unspecified atom stereocenters. The summed E-state index contributed by atoms with van der Waals surface area (Å²) < 4.78 is 0. The van der Waals surface area contributed by atoms with Crippen LogP contribution >= 0.6 is 0 Å². The maximum absolute atomic E-state index is 2.53. The van der Waals surface area contributed by atoms with Gasteiger partial charge in [-0.05, 0) is 153 Å². The Hall–Kier alpha value is -7.54. The van der Waals surface area contributed by atoms with E-state index in [1.807, 2.05) is 0 Å². The van der Waals surface area contributed by atoms with E-state index in [9.17, 15) is 0 Å². The van der Waals surface area contributed by atoms with Crippen molar-refractivity contribution in [1.82, 2.24) is 0 Å². The molecular weight excluding hydrogens is 745 g/mol. The lowest BCUT2D eigenvalue weighted by molar-refractivity contribution is 0.973. The molecule has 13 rings (SSSR count). The Kier molecular flexibility index (Phi) is 7.97. The second-order valence-electron chi connectivity index (χ2n) is 17.5. The zero-order valence-corrected chi connectivity index (χ0v) is 34.4. The number of fused-ring (bicyclic) bond motifs is 10. The van der Waals surface area contributed by atoms with Crippen LogP contribution in [0.15, 0.2) is 212 Å². The summed E-state index contributed by atoms with van der Waals surface area (Å²) in [4.78, 5) is 0. The van der Waals surface area contributed by atoms with Gasteiger partial charge in [-0.15, -0.1) is 0 Å². The van der Waals surface area contributed by atoms with E-state index < -0.39 is 0 Å². The van der Waals surface area contributed by atoms with Crippen LogP contribution in [-0.4, -0.2) is 0 Å². The molecule has 0 spiro atoms. The van der Waals surface area contributed by atoms with Gasteiger partial charge in [0.15, 0.2) is 0 Å². The molecule has 290 valence electrons. The first kappa shape index (κ1) is 35.2. The Bertz CT molecular complexity index is 3400. The molecular formula is C62H42. The van der Waals surface area contributed by atoms with Crippen LogP contribution in [0.3, 0.4) is 0 Å². The molecule has 0 N–H and O–H groups in total. The van der Waals surface area contributed by atoms with Crippen molar-refractivity contribution >= 4 is 10.8 Å². The van der Waals surface area contributed by atoms with E-state index in [1.54, 1.807) is 0 Å². The standard InChI is InChI=1S/C62H42/c1-2-12-39(13-3-1)40-24-28-42(29-25-40)61(43-30-26-41(27-31-43)49-20-10-21-54-50-17-7-4-14-44(50)35-57(49)54)47-32-33-52-48(34-47)38-60-58(52)37-46-16-6-9-19-53(46)62(60)56-23-11-22-55-51-18-8-5-15-45(51)36-59(55)56/h1-34,37,61H,35-36,38H2. The highest BCUT2D eigenvalue weighted by Gasteiger charge is 2.30. The Morgan fingerprint density at radius 2 is 0.774 bits per heavy atom. The molecule has 0 amide bonds. The maximum Gasteiger partial charge on any atom is 0.0340 e. The third-order valence-corrected chi connectivity index (χ3v) is 14.2. The normalized spacial score (nSPS) is 13.2. The van der Waals surface area contributed by atoms with Gasteiger partial charge in [0.1, 0.15) is 0 Å². The van der Waals surface area contributed by atoms with Gasteiger partial charge in [-0.1, -0.05) is 206 Å². The van der Waals surface area contributed by atoms with E-state index in [0.29, 0.717) is 0 Å². The quantitative estimate of drug-likeness (QED) is 0.147. The zero-order chi connectivity index (χ0) is 40.7. The summed E-state index contributed by atoms with van der Waals surface area (Å²) in [5.41, 5.74) is 28.6. The summed E-state index contributed by atoms with van der Waals surface area (Å²) >= 11 is 0. The van der Waals surface area contributed by atoms with Crippen LogP contribution in [0.25, 0.3) is 77.5 Å². The zero-order valence-electron chi connectivity index (χ0n) is 34.4. The molecule has 3 aliphatic carbocycles. The lowest BCUT2D eigenvalue weighted by Gasteiger charge is -2.21. The van der Waals surface area contributed by atoms with E-state index in [4.69, 9.17) is 0 Å². The van der Waals surface area contributed by atoms with Gasteiger partial charge in [0.2, 0.25) is 0 Å². The average Bonchev–Trinajstić information content (AvgIpc) is 4.03. The van der Waals surface area contributed by atoms with Crippen molar-refractivity contribution in [1.29, 1.82) is 0 Å². The van der Waals surface area contributed by atoms with Crippen molar-refractivity contribution < 1.29 is 0 Å². The molecule has 1 atom stereocenters. The summed E-state index contributed by atoms with van der Waals surface area (Å²) in [6, 6.07) is 80.0. The SMILES string of the molecule is c1ccc(-c2ccc(C(c3ccc(-c4cccc5c4Cc4ccccc4-5)cc3)c3ccc4c(c3)Cc3c-4cc4ccccc4c3-c3cccc4c3Cc3ccccc3-4)cc2)cc1. The number of rotatable bonds is 6. The Morgan fingerprint density at radius 1 is 0.274 bits per heavy atom. The molecule has 3 aliphatic rings. The van der Waals surface area contributed by atoms with Crippen LogP contribution in [0.1, 0.15) is 56.0 Å². The highest BCUT2D eigenvalue weighted by molar-refractivity contribution is 6.06. The lowest BCUT2D eigenvalue weighted by Crippen LogP contribution is -2.04. The molecule has 0 radical (unpaired) electrons. The molecule has 0 saturated heterocycles. The van der Waals surface area contributed by atoms with Gasteiger partial charge >= 0.3 is 0 Å². The van der Waals surface area contributed by atoms with Crippen molar-refractivity contribution in [2.24, 2.45) is 0 Å². The van der Waals surface area contributed by atoms with Crippen LogP contribution < -0.4 is 0 Å². The summed E-state index contributed by atoms with van der Waals surface area (Å²) in [5, 5.41) is 2.64. The Morgan fingerprint density at radius 3 is 1.48 bits per heavy atom. The molecule has 0 saturated carbocycles. The van der Waals surface area contributed by atoms with Crippen LogP contribution in [0.5, 0.6) is 0 Å². The molecule has 0 fully saturated rings. The highest BCUT2D eigenvalue weighted by Crippen LogP contribution is 2.50. The minimum atomic E-state index is 0.0723. The molecule has 0 heteroatoms. The average molecular weight is 787 g/mol. The van der Waals surface area contributed by atoms with Gasteiger partial charge in [0.05, 0.1) is 0 Å². The van der Waals surface area contributed by atoms with Crippen molar-refractivity contribution in [2.75, 3.05) is 0 Å². The first-order valence-electron chi connectivity index (χ1n) is 22.1. The van der Waals surface area contributed by atoms with E-state index >= 15 is 0 Å². The lowest BCUT2D eigenvalue weighted by atomic mass is 9.82. The summed E-state index contributed by atoms with van der Waals surface area (Å²) in [6.45, 7) is 0. The third kappa shape index (κ3) is 5.53.